The summed E-state index contributed by atoms with van der Waals surface area (Å²) in [5.41, 5.74) is 10.5. The SMILES string of the molecule is C[C@H](c1ccccc1)N([C@@H](C)c1ccccc1)p1oc2ccc3c(c2c2c4c(ccc2o1)CCCC4)CCCC3. The summed E-state index contributed by atoms with van der Waals surface area (Å²) in [6.07, 6.45) is 9.58. The summed E-state index contributed by atoms with van der Waals surface area (Å²) in [6.45, 7) is 4.58. The van der Waals surface area contributed by atoms with Crippen LogP contribution in [0.1, 0.15) is 85.0 Å². The van der Waals surface area contributed by atoms with E-state index in [-0.39, 0.29) is 12.1 Å². The lowest BCUT2D eigenvalue weighted by Gasteiger charge is -2.31. The van der Waals surface area contributed by atoms with E-state index in [9.17, 15) is 0 Å². The highest BCUT2D eigenvalue weighted by Gasteiger charge is 2.30. The summed E-state index contributed by atoms with van der Waals surface area (Å²) >= 11 is 0. The van der Waals surface area contributed by atoms with E-state index >= 15 is 0 Å². The molecule has 7 rings (SSSR count). The van der Waals surface area contributed by atoms with Gasteiger partial charge in [0.25, 0.3) is 0 Å². The lowest BCUT2D eigenvalue weighted by molar-refractivity contribution is 0.558. The summed E-state index contributed by atoms with van der Waals surface area (Å²) in [5.74, 6) is 0. The first-order valence-electron chi connectivity index (χ1n) is 15.0. The van der Waals surface area contributed by atoms with Gasteiger partial charge in [-0.1, -0.05) is 72.8 Å². The maximum Gasteiger partial charge on any atom is 0.310 e. The Hall–Kier alpha value is -3.26. The van der Waals surface area contributed by atoms with Gasteiger partial charge in [0.1, 0.15) is 11.2 Å². The molecule has 2 atom stereocenters. The quantitative estimate of drug-likeness (QED) is 0.219. The van der Waals surface area contributed by atoms with Gasteiger partial charge in [0.05, 0.1) is 0 Å². The molecule has 0 unspecified atom stereocenters. The number of fused-ring (bicyclic) bond motifs is 7. The maximum atomic E-state index is 7.11. The van der Waals surface area contributed by atoms with Crippen molar-refractivity contribution in [3.63, 3.8) is 0 Å². The van der Waals surface area contributed by atoms with Crippen LogP contribution >= 0.6 is 8.16 Å². The second-order valence-electron chi connectivity index (χ2n) is 11.5. The van der Waals surface area contributed by atoms with Crippen molar-refractivity contribution in [1.29, 1.82) is 0 Å². The van der Waals surface area contributed by atoms with Crippen molar-refractivity contribution in [2.45, 2.75) is 77.3 Å². The standard InChI is InChI=1S/C36H38NO2P/c1-25(27-13-5-3-6-14-27)37(26(2)28-15-7-4-8-16-28)40-38-33-23-21-29-17-9-11-19-31(29)35(33)36-32-20-12-10-18-30(32)22-24-34(36)39-40/h3-8,13-16,21-26H,9-12,17-20H2,1-2H3/t25-,26+. The van der Waals surface area contributed by atoms with E-state index in [4.69, 9.17) is 8.39 Å². The van der Waals surface area contributed by atoms with Crippen LogP contribution in [0.4, 0.5) is 0 Å². The van der Waals surface area contributed by atoms with Crippen LogP contribution in [0, 0.1) is 0 Å². The molecular formula is C36H38NO2P. The predicted molar refractivity (Wildman–Crippen MR) is 168 cm³/mol. The van der Waals surface area contributed by atoms with Gasteiger partial charge in [-0.2, -0.15) is 4.67 Å². The number of hydrogen-bond acceptors (Lipinski definition) is 3. The first kappa shape index (κ1) is 25.7. The average molecular weight is 548 g/mol. The van der Waals surface area contributed by atoms with Gasteiger partial charge >= 0.3 is 8.16 Å². The molecule has 0 N–H and O–H groups in total. The zero-order valence-electron chi connectivity index (χ0n) is 23.6. The topological polar surface area (TPSA) is 29.5 Å². The predicted octanol–water partition coefficient (Wildman–Crippen LogP) is 10.5. The van der Waals surface area contributed by atoms with E-state index in [2.05, 4.69) is 103 Å². The molecule has 2 aliphatic carbocycles. The number of aryl methyl sites for hydroxylation is 4. The van der Waals surface area contributed by atoms with Crippen molar-refractivity contribution in [3.05, 3.63) is 118 Å². The van der Waals surface area contributed by atoms with Gasteiger partial charge in [-0.05, 0) is 111 Å². The zero-order chi connectivity index (χ0) is 27.1. The lowest BCUT2D eigenvalue weighted by atomic mass is 9.84. The molecule has 0 spiro atoms. The molecule has 0 fully saturated rings. The first-order chi connectivity index (χ1) is 19.7. The van der Waals surface area contributed by atoms with E-state index in [1.807, 2.05) is 0 Å². The van der Waals surface area contributed by atoms with E-state index in [1.165, 1.54) is 69.8 Å². The maximum absolute atomic E-state index is 7.11. The molecule has 0 bridgehead atoms. The minimum absolute atomic E-state index is 0.0998. The second kappa shape index (κ2) is 11.0. The fraction of sp³-hybridized carbons (Fsp3) is 0.333. The molecule has 5 aromatic rings. The fourth-order valence-corrected chi connectivity index (χ4v) is 8.68. The Morgan fingerprint density at radius 2 is 0.975 bits per heavy atom. The third kappa shape index (κ3) is 4.60. The normalized spacial score (nSPS) is 16.5. The molecule has 204 valence electrons. The molecule has 0 radical (unpaired) electrons. The van der Waals surface area contributed by atoms with Gasteiger partial charge in [0.15, 0.2) is 0 Å². The van der Waals surface area contributed by atoms with Crippen molar-refractivity contribution in [3.8, 4) is 0 Å². The highest BCUT2D eigenvalue weighted by Crippen LogP contribution is 2.48. The number of benzene rings is 4. The Morgan fingerprint density at radius 1 is 0.550 bits per heavy atom. The molecule has 2 aliphatic rings. The highest BCUT2D eigenvalue weighted by atomic mass is 31.1. The number of rotatable bonds is 5. The second-order valence-corrected chi connectivity index (χ2v) is 12.8. The summed E-state index contributed by atoms with van der Waals surface area (Å²) in [7, 11) is -1.45. The Balaban J connectivity index is 1.54. The smallest absolute Gasteiger partial charge is 0.310 e. The monoisotopic (exact) mass is 547 g/mol. The number of nitrogens with zero attached hydrogens (tertiary/aromatic N) is 1. The summed E-state index contributed by atoms with van der Waals surface area (Å²) in [6, 6.07) is 30.9. The average Bonchev–Trinajstić information content (AvgIpc) is 3.19. The van der Waals surface area contributed by atoms with Crippen molar-refractivity contribution in [2.75, 3.05) is 4.67 Å². The van der Waals surface area contributed by atoms with Crippen LogP contribution in [-0.2, 0) is 25.7 Å². The molecule has 4 heteroatoms. The van der Waals surface area contributed by atoms with Crippen molar-refractivity contribution in [2.24, 2.45) is 0 Å². The van der Waals surface area contributed by atoms with E-state index < -0.39 is 8.16 Å². The molecule has 0 saturated heterocycles. The summed E-state index contributed by atoms with van der Waals surface area (Å²) < 4.78 is 16.7. The molecular weight excluding hydrogens is 509 g/mol. The molecule has 0 saturated carbocycles. The van der Waals surface area contributed by atoms with Crippen molar-refractivity contribution >= 4 is 30.1 Å². The molecule has 0 aliphatic heterocycles. The molecule has 1 heterocycles. The third-order valence-electron chi connectivity index (χ3n) is 9.14. The van der Waals surface area contributed by atoms with E-state index in [0.29, 0.717) is 0 Å². The van der Waals surface area contributed by atoms with Crippen LogP contribution < -0.4 is 4.67 Å². The Morgan fingerprint density at radius 3 is 1.43 bits per heavy atom. The largest absolute Gasteiger partial charge is 0.408 e. The van der Waals surface area contributed by atoms with Crippen LogP contribution in [0.25, 0.3) is 21.9 Å². The van der Waals surface area contributed by atoms with Gasteiger partial charge in [0, 0.05) is 22.9 Å². The Kier molecular flexibility index (Phi) is 7.04. The summed E-state index contributed by atoms with van der Waals surface area (Å²) in [5, 5.41) is 2.63. The van der Waals surface area contributed by atoms with Gasteiger partial charge in [-0.3, -0.25) is 0 Å². The van der Waals surface area contributed by atoms with Gasteiger partial charge < -0.3 is 8.39 Å². The van der Waals surface area contributed by atoms with Crippen molar-refractivity contribution in [1.82, 2.24) is 0 Å². The molecule has 0 amide bonds. The molecule has 3 nitrogen and oxygen atoms in total. The molecule has 40 heavy (non-hydrogen) atoms. The van der Waals surface area contributed by atoms with Crippen LogP contribution in [0.15, 0.2) is 93.3 Å². The third-order valence-corrected chi connectivity index (χ3v) is 10.9. The Bertz CT molecular complexity index is 1570. The van der Waals surface area contributed by atoms with Crippen molar-refractivity contribution < 1.29 is 8.39 Å². The Labute approximate surface area is 238 Å². The minimum Gasteiger partial charge on any atom is -0.408 e. The van der Waals surface area contributed by atoms with Crippen LogP contribution in [0.3, 0.4) is 0 Å². The van der Waals surface area contributed by atoms with Gasteiger partial charge in [0.2, 0.25) is 0 Å². The zero-order valence-corrected chi connectivity index (χ0v) is 24.5. The molecule has 1 aromatic heterocycles. The number of hydrogen-bond donors (Lipinski definition) is 0. The van der Waals surface area contributed by atoms with Crippen LogP contribution in [0.2, 0.25) is 0 Å². The van der Waals surface area contributed by atoms with Crippen LogP contribution in [0.5, 0.6) is 0 Å². The minimum atomic E-state index is -1.45. The van der Waals surface area contributed by atoms with E-state index in [1.54, 1.807) is 0 Å². The highest BCUT2D eigenvalue weighted by molar-refractivity contribution is 7.39. The van der Waals surface area contributed by atoms with Gasteiger partial charge in [-0.15, -0.1) is 0 Å². The van der Waals surface area contributed by atoms with Gasteiger partial charge in [-0.25, -0.2) is 0 Å². The van der Waals surface area contributed by atoms with E-state index in [0.717, 1.165) is 36.8 Å². The fourth-order valence-electron chi connectivity index (χ4n) is 6.98. The lowest BCUT2D eigenvalue weighted by Crippen LogP contribution is -2.27. The first-order valence-corrected chi connectivity index (χ1v) is 16.2. The summed E-state index contributed by atoms with van der Waals surface area (Å²) in [4.78, 5) is 0. The van der Waals surface area contributed by atoms with Crippen LogP contribution in [-0.4, -0.2) is 0 Å². The molecule has 4 aromatic carbocycles.